The van der Waals surface area contributed by atoms with Crippen LogP contribution in [0.1, 0.15) is 92.4 Å². The summed E-state index contributed by atoms with van der Waals surface area (Å²) in [4.78, 5) is 15.9. The van der Waals surface area contributed by atoms with E-state index in [1.165, 1.54) is 69.2 Å². The lowest BCUT2D eigenvalue weighted by Crippen LogP contribution is -2.10. The SMILES string of the molecule is C/C(=C\CO)CCCC(C)CCCC(C)CCCC(C)C.Nc1ccnc(=O)[nH]1. The molecule has 0 radical (unpaired) electrons. The Morgan fingerprint density at radius 1 is 1.07 bits per heavy atom. The highest BCUT2D eigenvalue weighted by Crippen LogP contribution is 2.21. The Morgan fingerprint density at radius 2 is 1.62 bits per heavy atom. The van der Waals surface area contributed by atoms with Gasteiger partial charge < -0.3 is 10.8 Å². The normalized spacial score (nSPS) is 13.7. The van der Waals surface area contributed by atoms with Crippen LogP contribution in [0.25, 0.3) is 0 Å². The molecule has 5 heteroatoms. The van der Waals surface area contributed by atoms with Gasteiger partial charge in [0.2, 0.25) is 0 Å². The van der Waals surface area contributed by atoms with Crippen molar-refractivity contribution in [2.45, 2.75) is 92.4 Å². The van der Waals surface area contributed by atoms with E-state index in [0.717, 1.165) is 24.2 Å². The van der Waals surface area contributed by atoms with E-state index in [0.29, 0.717) is 5.82 Å². The minimum absolute atomic E-state index is 0.191. The number of hydrogen-bond donors (Lipinski definition) is 3. The first-order valence-corrected chi connectivity index (χ1v) is 11.3. The summed E-state index contributed by atoms with van der Waals surface area (Å²) in [5.41, 5.74) is 6.09. The number of aromatic nitrogens is 2. The van der Waals surface area contributed by atoms with Crippen molar-refractivity contribution in [2.24, 2.45) is 17.8 Å². The van der Waals surface area contributed by atoms with Crippen LogP contribution in [0.15, 0.2) is 28.7 Å². The Hall–Kier alpha value is -1.62. The molecule has 5 nitrogen and oxygen atoms in total. The molecule has 0 fully saturated rings. The quantitative estimate of drug-likeness (QED) is 0.365. The van der Waals surface area contributed by atoms with Gasteiger partial charge in [0.1, 0.15) is 5.82 Å². The molecule has 168 valence electrons. The van der Waals surface area contributed by atoms with Gasteiger partial charge in [0.25, 0.3) is 0 Å². The number of aliphatic hydroxyl groups excluding tert-OH is 1. The van der Waals surface area contributed by atoms with Crippen molar-refractivity contribution in [1.82, 2.24) is 9.97 Å². The van der Waals surface area contributed by atoms with Crippen molar-refractivity contribution < 1.29 is 5.11 Å². The molecule has 0 bridgehead atoms. The predicted octanol–water partition coefficient (Wildman–Crippen LogP) is 5.72. The number of rotatable bonds is 13. The zero-order valence-corrected chi connectivity index (χ0v) is 19.4. The highest BCUT2D eigenvalue weighted by atomic mass is 16.2. The Kier molecular flexibility index (Phi) is 16.3. The van der Waals surface area contributed by atoms with Crippen molar-refractivity contribution in [2.75, 3.05) is 12.3 Å². The Morgan fingerprint density at radius 3 is 2.07 bits per heavy atom. The number of aliphatic hydroxyl groups is 1. The van der Waals surface area contributed by atoms with Crippen LogP contribution in [-0.4, -0.2) is 21.7 Å². The monoisotopic (exact) mass is 407 g/mol. The van der Waals surface area contributed by atoms with E-state index >= 15 is 0 Å². The fourth-order valence-corrected chi connectivity index (χ4v) is 3.35. The van der Waals surface area contributed by atoms with Gasteiger partial charge in [-0.05, 0) is 43.6 Å². The molecule has 4 N–H and O–H groups in total. The molecule has 0 spiro atoms. The number of H-pyrrole nitrogens is 1. The lowest BCUT2D eigenvalue weighted by Gasteiger charge is -2.15. The topological polar surface area (TPSA) is 92.0 Å². The zero-order valence-electron chi connectivity index (χ0n) is 19.4. The number of aromatic amines is 1. The highest BCUT2D eigenvalue weighted by Gasteiger charge is 2.06. The van der Waals surface area contributed by atoms with Gasteiger partial charge in [-0.3, -0.25) is 4.98 Å². The molecule has 0 aliphatic heterocycles. The number of allylic oxidation sites excluding steroid dienone is 1. The standard InChI is InChI=1S/C20H40O.C4H5N3O/c1-17(2)9-6-10-18(3)11-7-12-19(4)13-8-14-20(5)15-16-21;5-3-1-2-6-4(8)7-3/h15,17-19,21H,6-14,16H2,1-5H3;1-2H,(H3,5,6,7,8)/b20-15+;. The van der Waals surface area contributed by atoms with Crippen molar-refractivity contribution in [3.63, 3.8) is 0 Å². The first-order chi connectivity index (χ1) is 13.7. The van der Waals surface area contributed by atoms with Gasteiger partial charge in [0, 0.05) is 6.20 Å². The number of nitrogens with two attached hydrogens (primary N) is 1. The lowest BCUT2D eigenvalue weighted by molar-refractivity contribution is 0.341. The molecule has 1 heterocycles. The Labute approximate surface area is 178 Å². The third kappa shape index (κ3) is 18.2. The van der Waals surface area contributed by atoms with Gasteiger partial charge in [-0.1, -0.05) is 84.3 Å². The number of nitrogens with zero attached hydrogens (tertiary/aromatic N) is 1. The van der Waals surface area contributed by atoms with Crippen LogP contribution in [0.3, 0.4) is 0 Å². The predicted molar refractivity (Wildman–Crippen MR) is 125 cm³/mol. The minimum atomic E-state index is -0.412. The first-order valence-electron chi connectivity index (χ1n) is 11.3. The van der Waals surface area contributed by atoms with Gasteiger partial charge in [0.15, 0.2) is 0 Å². The van der Waals surface area contributed by atoms with E-state index in [1.807, 2.05) is 6.08 Å². The maximum atomic E-state index is 10.2. The van der Waals surface area contributed by atoms with E-state index in [4.69, 9.17) is 10.8 Å². The van der Waals surface area contributed by atoms with Crippen LogP contribution in [0.5, 0.6) is 0 Å². The molecule has 0 aromatic carbocycles. The molecule has 1 aromatic rings. The summed E-state index contributed by atoms with van der Waals surface area (Å²) in [6.45, 7) is 11.8. The summed E-state index contributed by atoms with van der Waals surface area (Å²) in [5, 5.41) is 8.83. The number of nitrogen functional groups attached to an aromatic ring is 1. The molecule has 0 saturated heterocycles. The molecule has 2 unspecified atom stereocenters. The second-order valence-corrected chi connectivity index (χ2v) is 8.92. The first kappa shape index (κ1) is 27.4. The molecular formula is C24H45N3O2. The van der Waals surface area contributed by atoms with Crippen molar-refractivity contribution >= 4 is 5.82 Å². The highest BCUT2D eigenvalue weighted by molar-refractivity contribution is 5.22. The molecule has 0 aliphatic carbocycles. The minimum Gasteiger partial charge on any atom is -0.392 e. The average Bonchev–Trinajstić information content (AvgIpc) is 2.62. The zero-order chi connectivity index (χ0) is 22.1. The van der Waals surface area contributed by atoms with Gasteiger partial charge in [0.05, 0.1) is 6.61 Å². The van der Waals surface area contributed by atoms with Crippen LogP contribution >= 0.6 is 0 Å². The summed E-state index contributed by atoms with van der Waals surface area (Å²) in [5.74, 6) is 2.96. The van der Waals surface area contributed by atoms with Crippen molar-refractivity contribution in [1.29, 1.82) is 0 Å². The van der Waals surface area contributed by atoms with Crippen LogP contribution in [0.4, 0.5) is 5.82 Å². The molecule has 0 aliphatic rings. The summed E-state index contributed by atoms with van der Waals surface area (Å²) in [6.07, 6.45) is 15.4. The second kappa shape index (κ2) is 17.3. The van der Waals surface area contributed by atoms with Crippen LogP contribution in [0.2, 0.25) is 0 Å². The van der Waals surface area contributed by atoms with E-state index < -0.39 is 5.69 Å². The smallest absolute Gasteiger partial charge is 0.346 e. The summed E-state index contributed by atoms with van der Waals surface area (Å²) in [6, 6.07) is 1.52. The molecule has 29 heavy (non-hydrogen) atoms. The second-order valence-electron chi connectivity index (χ2n) is 8.92. The maximum absolute atomic E-state index is 10.2. The van der Waals surface area contributed by atoms with E-state index in [-0.39, 0.29) is 6.61 Å². The Balaban J connectivity index is 0.000000807. The Bertz CT molecular complexity index is 596. The van der Waals surface area contributed by atoms with E-state index in [2.05, 4.69) is 44.6 Å². The van der Waals surface area contributed by atoms with Crippen LogP contribution in [-0.2, 0) is 0 Å². The van der Waals surface area contributed by atoms with Gasteiger partial charge in [-0.2, -0.15) is 0 Å². The van der Waals surface area contributed by atoms with E-state index in [9.17, 15) is 4.79 Å². The molecular weight excluding hydrogens is 362 g/mol. The third-order valence-electron chi connectivity index (χ3n) is 5.28. The lowest BCUT2D eigenvalue weighted by atomic mass is 9.91. The van der Waals surface area contributed by atoms with Crippen LogP contribution < -0.4 is 11.4 Å². The van der Waals surface area contributed by atoms with Crippen LogP contribution in [0, 0.1) is 17.8 Å². The molecule has 2 atom stereocenters. The number of nitrogens with one attached hydrogen (secondary N) is 1. The molecule has 1 aromatic heterocycles. The maximum Gasteiger partial charge on any atom is 0.346 e. The third-order valence-corrected chi connectivity index (χ3v) is 5.28. The number of anilines is 1. The summed E-state index contributed by atoms with van der Waals surface area (Å²) < 4.78 is 0. The molecule has 1 rings (SSSR count). The van der Waals surface area contributed by atoms with Gasteiger partial charge in [-0.25, -0.2) is 9.78 Å². The van der Waals surface area contributed by atoms with Crippen molar-refractivity contribution in [3.05, 3.63) is 34.4 Å². The number of hydrogen-bond acceptors (Lipinski definition) is 4. The summed E-state index contributed by atoms with van der Waals surface area (Å²) in [7, 11) is 0. The average molecular weight is 408 g/mol. The van der Waals surface area contributed by atoms with Gasteiger partial charge in [-0.15, -0.1) is 0 Å². The van der Waals surface area contributed by atoms with Crippen molar-refractivity contribution in [3.8, 4) is 0 Å². The summed E-state index contributed by atoms with van der Waals surface area (Å²) >= 11 is 0. The molecule has 0 amide bonds. The fourth-order valence-electron chi connectivity index (χ4n) is 3.35. The molecule has 0 saturated carbocycles. The van der Waals surface area contributed by atoms with Gasteiger partial charge >= 0.3 is 5.69 Å². The fraction of sp³-hybridized carbons (Fsp3) is 0.750. The largest absolute Gasteiger partial charge is 0.392 e. The van der Waals surface area contributed by atoms with E-state index in [1.54, 1.807) is 0 Å².